The van der Waals surface area contributed by atoms with Crippen molar-refractivity contribution >= 4 is 5.95 Å². The van der Waals surface area contributed by atoms with Gasteiger partial charge in [0.25, 0.3) is 0 Å². The van der Waals surface area contributed by atoms with Crippen LogP contribution in [0.1, 0.15) is 37.6 Å². The molecular weight excluding hydrogens is 228 g/mol. The quantitative estimate of drug-likeness (QED) is 0.818. The molecule has 1 saturated heterocycles. The van der Waals surface area contributed by atoms with Gasteiger partial charge in [-0.1, -0.05) is 0 Å². The summed E-state index contributed by atoms with van der Waals surface area (Å²) in [7, 11) is 0. The predicted octanol–water partition coefficient (Wildman–Crippen LogP) is 0.985. The van der Waals surface area contributed by atoms with Crippen molar-refractivity contribution in [2.24, 2.45) is 5.73 Å². The summed E-state index contributed by atoms with van der Waals surface area (Å²) in [5, 5.41) is 10.1. The highest BCUT2D eigenvalue weighted by atomic mass is 16.3. The SMILES string of the molecule is Cc1cc(CN)nc(N2CCCC(C)(O)CC2)n1. The lowest BCUT2D eigenvalue weighted by Crippen LogP contribution is -2.29. The molecular formula is C13H22N4O. The van der Waals surface area contributed by atoms with Crippen LogP contribution in [0, 0.1) is 6.92 Å². The Kier molecular flexibility index (Phi) is 3.82. The molecule has 1 fully saturated rings. The molecule has 5 nitrogen and oxygen atoms in total. The van der Waals surface area contributed by atoms with E-state index in [4.69, 9.17) is 5.73 Å². The number of aromatic nitrogens is 2. The number of nitrogens with two attached hydrogens (primary N) is 1. The second-order valence-electron chi connectivity index (χ2n) is 5.34. The van der Waals surface area contributed by atoms with Crippen molar-refractivity contribution in [3.8, 4) is 0 Å². The summed E-state index contributed by atoms with van der Waals surface area (Å²) in [6.45, 7) is 5.98. The van der Waals surface area contributed by atoms with Crippen LogP contribution in [-0.4, -0.2) is 33.8 Å². The number of hydrogen-bond acceptors (Lipinski definition) is 5. The van der Waals surface area contributed by atoms with Crippen LogP contribution < -0.4 is 10.6 Å². The number of nitrogens with zero attached hydrogens (tertiary/aromatic N) is 3. The molecule has 2 heterocycles. The highest BCUT2D eigenvalue weighted by Crippen LogP contribution is 2.23. The van der Waals surface area contributed by atoms with E-state index in [-0.39, 0.29) is 0 Å². The average molecular weight is 250 g/mol. The lowest BCUT2D eigenvalue weighted by Gasteiger charge is -2.23. The minimum absolute atomic E-state index is 0.432. The van der Waals surface area contributed by atoms with Crippen molar-refractivity contribution in [1.82, 2.24) is 9.97 Å². The Morgan fingerprint density at radius 3 is 2.89 bits per heavy atom. The molecule has 1 aromatic rings. The molecule has 1 atom stereocenters. The highest BCUT2D eigenvalue weighted by molar-refractivity contribution is 5.32. The number of aliphatic hydroxyl groups is 1. The minimum Gasteiger partial charge on any atom is -0.390 e. The molecule has 0 radical (unpaired) electrons. The van der Waals surface area contributed by atoms with Crippen molar-refractivity contribution in [2.75, 3.05) is 18.0 Å². The lowest BCUT2D eigenvalue weighted by atomic mass is 9.98. The summed E-state index contributed by atoms with van der Waals surface area (Å²) in [5.41, 5.74) is 6.89. The summed E-state index contributed by atoms with van der Waals surface area (Å²) in [4.78, 5) is 11.1. The Hall–Kier alpha value is -1.20. The molecule has 1 aliphatic heterocycles. The zero-order chi connectivity index (χ0) is 13.2. The van der Waals surface area contributed by atoms with E-state index < -0.39 is 5.60 Å². The van der Waals surface area contributed by atoms with E-state index in [1.807, 2.05) is 19.9 Å². The van der Waals surface area contributed by atoms with E-state index in [2.05, 4.69) is 14.9 Å². The Balaban J connectivity index is 2.18. The summed E-state index contributed by atoms with van der Waals surface area (Å²) < 4.78 is 0. The van der Waals surface area contributed by atoms with Crippen LogP contribution in [-0.2, 0) is 6.54 Å². The molecule has 0 aliphatic carbocycles. The van der Waals surface area contributed by atoms with Crippen molar-refractivity contribution in [3.05, 3.63) is 17.5 Å². The van der Waals surface area contributed by atoms with Crippen molar-refractivity contribution in [3.63, 3.8) is 0 Å². The maximum atomic E-state index is 10.1. The molecule has 1 unspecified atom stereocenters. The minimum atomic E-state index is -0.560. The Morgan fingerprint density at radius 2 is 2.17 bits per heavy atom. The number of rotatable bonds is 2. The van der Waals surface area contributed by atoms with Crippen molar-refractivity contribution < 1.29 is 5.11 Å². The molecule has 18 heavy (non-hydrogen) atoms. The first-order valence-electron chi connectivity index (χ1n) is 6.52. The van der Waals surface area contributed by atoms with Gasteiger partial charge in [0.05, 0.1) is 11.3 Å². The van der Waals surface area contributed by atoms with Crippen LogP contribution in [0.15, 0.2) is 6.07 Å². The van der Waals surface area contributed by atoms with Crippen LogP contribution in [0.5, 0.6) is 0 Å². The van der Waals surface area contributed by atoms with Gasteiger partial charge in [-0.05, 0) is 39.2 Å². The van der Waals surface area contributed by atoms with Gasteiger partial charge in [-0.2, -0.15) is 0 Å². The van der Waals surface area contributed by atoms with Gasteiger partial charge in [0.1, 0.15) is 0 Å². The van der Waals surface area contributed by atoms with Gasteiger partial charge in [-0.3, -0.25) is 0 Å². The normalized spacial score (nSPS) is 25.0. The van der Waals surface area contributed by atoms with E-state index in [1.54, 1.807) is 0 Å². The molecule has 0 amide bonds. The number of anilines is 1. The molecule has 1 aliphatic rings. The first-order chi connectivity index (χ1) is 8.50. The van der Waals surface area contributed by atoms with Gasteiger partial charge in [0.2, 0.25) is 5.95 Å². The topological polar surface area (TPSA) is 75.3 Å². The third-order valence-corrected chi connectivity index (χ3v) is 3.45. The molecule has 2 rings (SSSR count). The Morgan fingerprint density at radius 1 is 1.39 bits per heavy atom. The zero-order valence-corrected chi connectivity index (χ0v) is 11.2. The van der Waals surface area contributed by atoms with Crippen LogP contribution in [0.2, 0.25) is 0 Å². The summed E-state index contributed by atoms with van der Waals surface area (Å²) in [6, 6.07) is 1.91. The third kappa shape index (κ3) is 3.17. The van der Waals surface area contributed by atoms with Gasteiger partial charge < -0.3 is 15.7 Å². The van der Waals surface area contributed by atoms with E-state index >= 15 is 0 Å². The van der Waals surface area contributed by atoms with Gasteiger partial charge in [0.15, 0.2) is 0 Å². The first kappa shape index (κ1) is 13.2. The van der Waals surface area contributed by atoms with Crippen LogP contribution >= 0.6 is 0 Å². The number of hydrogen-bond donors (Lipinski definition) is 2. The van der Waals surface area contributed by atoms with E-state index in [0.717, 1.165) is 49.7 Å². The smallest absolute Gasteiger partial charge is 0.225 e. The summed E-state index contributed by atoms with van der Waals surface area (Å²) in [6.07, 6.45) is 2.55. The lowest BCUT2D eigenvalue weighted by molar-refractivity contribution is 0.0481. The fourth-order valence-corrected chi connectivity index (χ4v) is 2.33. The molecule has 1 aromatic heterocycles. The summed E-state index contributed by atoms with van der Waals surface area (Å²) >= 11 is 0. The fourth-order valence-electron chi connectivity index (χ4n) is 2.33. The second kappa shape index (κ2) is 5.20. The van der Waals surface area contributed by atoms with Gasteiger partial charge in [-0.15, -0.1) is 0 Å². The van der Waals surface area contributed by atoms with Gasteiger partial charge in [-0.25, -0.2) is 9.97 Å². The monoisotopic (exact) mass is 250 g/mol. The predicted molar refractivity (Wildman–Crippen MR) is 71.3 cm³/mol. The maximum absolute atomic E-state index is 10.1. The average Bonchev–Trinajstić information content (AvgIpc) is 2.49. The number of aryl methyl sites for hydroxylation is 1. The van der Waals surface area contributed by atoms with Gasteiger partial charge in [0, 0.05) is 25.3 Å². The van der Waals surface area contributed by atoms with Crippen molar-refractivity contribution in [2.45, 2.75) is 45.3 Å². The standard InChI is InChI=1S/C13H22N4O/c1-10-8-11(9-14)16-12(15-10)17-6-3-4-13(2,18)5-7-17/h8,18H,3-7,9,14H2,1-2H3. The fraction of sp³-hybridized carbons (Fsp3) is 0.692. The second-order valence-corrected chi connectivity index (χ2v) is 5.34. The molecule has 0 saturated carbocycles. The molecule has 0 bridgehead atoms. The highest BCUT2D eigenvalue weighted by Gasteiger charge is 2.26. The molecule has 100 valence electrons. The zero-order valence-electron chi connectivity index (χ0n) is 11.2. The van der Waals surface area contributed by atoms with Crippen molar-refractivity contribution in [1.29, 1.82) is 0 Å². The van der Waals surface area contributed by atoms with Gasteiger partial charge >= 0.3 is 0 Å². The Bertz CT molecular complexity index is 419. The van der Waals surface area contributed by atoms with Crippen LogP contribution in [0.3, 0.4) is 0 Å². The summed E-state index contributed by atoms with van der Waals surface area (Å²) in [5.74, 6) is 0.744. The Labute approximate surface area is 108 Å². The third-order valence-electron chi connectivity index (χ3n) is 3.45. The molecule has 0 aromatic carbocycles. The van der Waals surface area contributed by atoms with Crippen LogP contribution in [0.25, 0.3) is 0 Å². The van der Waals surface area contributed by atoms with E-state index in [0.29, 0.717) is 6.54 Å². The maximum Gasteiger partial charge on any atom is 0.225 e. The molecule has 3 N–H and O–H groups in total. The van der Waals surface area contributed by atoms with E-state index in [9.17, 15) is 5.11 Å². The van der Waals surface area contributed by atoms with E-state index in [1.165, 1.54) is 0 Å². The largest absolute Gasteiger partial charge is 0.390 e. The molecule has 5 heteroatoms. The van der Waals surface area contributed by atoms with Crippen LogP contribution in [0.4, 0.5) is 5.95 Å². The molecule has 0 spiro atoms. The first-order valence-corrected chi connectivity index (χ1v) is 6.52.